The lowest BCUT2D eigenvalue weighted by Gasteiger charge is -2.27. The van der Waals surface area contributed by atoms with E-state index in [4.69, 9.17) is 34.4 Å². The van der Waals surface area contributed by atoms with E-state index >= 15 is 0 Å². The zero-order chi connectivity index (χ0) is 51.0. The molecule has 0 fully saturated rings. The lowest BCUT2D eigenvalue weighted by atomic mass is 10.0. The summed E-state index contributed by atoms with van der Waals surface area (Å²) in [4.78, 5) is 143. The number of hydrogen-bond donors (Lipinski definition) is 16. The molecule has 0 spiro atoms. The molecule has 374 valence electrons. The molecule has 0 saturated carbocycles. The van der Waals surface area contributed by atoms with Crippen LogP contribution < -0.4 is 71.6 Å². The first kappa shape index (κ1) is 57.4. The number of amides is 8. The van der Waals surface area contributed by atoms with E-state index < -0.39 is 120 Å². The van der Waals surface area contributed by atoms with Gasteiger partial charge in [0.25, 0.3) is 0 Å². The Bertz CT molecular complexity index is 1940. The first-order chi connectivity index (χ1) is 31.3. The molecular weight excluding hydrogens is 887 g/mol. The molecule has 67 heavy (non-hydrogen) atoms. The molecular formula is C38H65N17O12. The van der Waals surface area contributed by atoms with Crippen molar-refractivity contribution in [3.05, 3.63) is 18.2 Å². The lowest BCUT2D eigenvalue weighted by molar-refractivity contribution is -0.143. The first-order valence-electron chi connectivity index (χ1n) is 21.0. The van der Waals surface area contributed by atoms with Crippen molar-refractivity contribution in [3.8, 4) is 0 Å². The SMILES string of the molecule is CC(C)CC(NC(=O)C(CC(=O)O)NC(=O)C(CCCN=C(N)N)NC(=O)C(N)Cc1cnc[nH]1)C(=O)NC(C)C(=O)NC(C)C(=O)NC(CCCN=C(N)N)C(=O)NC(CC(N)=O)C(=O)O. The van der Waals surface area contributed by atoms with Crippen LogP contribution in [0.15, 0.2) is 22.5 Å². The standard InChI is InChI=1S/C38H65N17O12/c1-17(2)11-24(53-35(65)25(14-28(57)58)54-32(62)23(8-6-10-47-38(43)44)52-31(61)21(39)12-20-15-45-16-48-20)34(64)50-18(3)29(59)49-19(4)30(60)51-22(7-5-9-46-37(41)42)33(63)55-26(36(66)67)13-27(40)56/h15-19,21-26H,5-14,39H2,1-4H3,(H2,40,56)(H,45,48)(H,49,59)(H,50,64)(H,51,60)(H,52,61)(H,53,65)(H,54,62)(H,55,63)(H,57,58)(H,66,67)(H4,41,42,46)(H4,43,44,47). The number of H-pyrrole nitrogens is 1. The van der Waals surface area contributed by atoms with Crippen molar-refractivity contribution < 1.29 is 58.2 Å². The van der Waals surface area contributed by atoms with Crippen LogP contribution in [0.3, 0.4) is 0 Å². The third kappa shape index (κ3) is 23.3. The van der Waals surface area contributed by atoms with Gasteiger partial charge >= 0.3 is 11.9 Å². The van der Waals surface area contributed by atoms with Crippen LogP contribution in [-0.4, -0.2) is 153 Å². The average Bonchev–Trinajstić information content (AvgIpc) is 3.74. The molecule has 0 saturated heterocycles. The molecule has 8 unspecified atom stereocenters. The normalized spacial score (nSPS) is 14.4. The summed E-state index contributed by atoms with van der Waals surface area (Å²) in [7, 11) is 0. The molecule has 1 aromatic rings. The van der Waals surface area contributed by atoms with Crippen LogP contribution in [0.4, 0.5) is 0 Å². The average molecular weight is 952 g/mol. The molecule has 0 bridgehead atoms. The van der Waals surface area contributed by atoms with Gasteiger partial charge in [-0.25, -0.2) is 9.78 Å². The van der Waals surface area contributed by atoms with Gasteiger partial charge in [0.2, 0.25) is 47.3 Å². The van der Waals surface area contributed by atoms with E-state index in [1.54, 1.807) is 13.8 Å². The number of imidazole rings is 1. The maximum Gasteiger partial charge on any atom is 0.326 e. The van der Waals surface area contributed by atoms with Crippen LogP contribution in [0, 0.1) is 5.92 Å². The first-order valence-corrected chi connectivity index (χ1v) is 21.0. The summed E-state index contributed by atoms with van der Waals surface area (Å²) in [6.45, 7) is 5.99. The summed E-state index contributed by atoms with van der Waals surface area (Å²) in [5.41, 5.74) is 33.1. The number of hydrogen-bond acceptors (Lipinski definition) is 14. The minimum Gasteiger partial charge on any atom is -0.481 e. The number of nitrogens with one attached hydrogen (secondary N) is 8. The number of carbonyl (C=O) groups is 10. The second-order valence-electron chi connectivity index (χ2n) is 15.8. The number of carbonyl (C=O) groups excluding carboxylic acids is 8. The molecule has 22 N–H and O–H groups in total. The number of aromatic amines is 1. The Kier molecular flexibility index (Phi) is 24.9. The molecule has 8 amide bonds. The van der Waals surface area contributed by atoms with Crippen molar-refractivity contribution in [1.29, 1.82) is 0 Å². The van der Waals surface area contributed by atoms with Crippen molar-refractivity contribution in [2.24, 2.45) is 50.3 Å². The van der Waals surface area contributed by atoms with Gasteiger partial charge in [0.1, 0.15) is 42.3 Å². The number of aromatic nitrogens is 2. The third-order valence-corrected chi connectivity index (χ3v) is 9.36. The Morgan fingerprint density at radius 2 is 1.03 bits per heavy atom. The second-order valence-corrected chi connectivity index (χ2v) is 15.8. The molecule has 1 aromatic heterocycles. The Balaban J connectivity index is 3.16. The number of carboxylic acids is 2. The maximum absolute atomic E-state index is 13.7. The monoisotopic (exact) mass is 951 g/mol. The largest absolute Gasteiger partial charge is 0.481 e. The fraction of sp³-hybridized carbons (Fsp3) is 0.605. The zero-order valence-electron chi connectivity index (χ0n) is 37.7. The molecule has 29 nitrogen and oxygen atoms in total. The van der Waals surface area contributed by atoms with E-state index in [0.717, 1.165) is 0 Å². The molecule has 1 rings (SSSR count). The molecule has 0 aromatic carbocycles. The Morgan fingerprint density at radius 1 is 0.597 bits per heavy atom. The van der Waals surface area contributed by atoms with Gasteiger partial charge in [0.15, 0.2) is 11.9 Å². The van der Waals surface area contributed by atoms with E-state index in [9.17, 15) is 58.2 Å². The number of aliphatic imine (C=N–C) groups is 2. The number of nitrogens with two attached hydrogens (primary N) is 6. The summed E-state index contributed by atoms with van der Waals surface area (Å²) in [5.74, 6) is -11.4. The molecule has 8 atom stereocenters. The summed E-state index contributed by atoms with van der Waals surface area (Å²) >= 11 is 0. The van der Waals surface area contributed by atoms with Crippen LogP contribution in [0.1, 0.15) is 78.3 Å². The number of guanidine groups is 2. The summed E-state index contributed by atoms with van der Waals surface area (Å²) in [5, 5.41) is 35.7. The molecule has 0 radical (unpaired) electrons. The van der Waals surface area contributed by atoms with Gasteiger partial charge in [0.05, 0.1) is 25.2 Å². The van der Waals surface area contributed by atoms with Crippen molar-refractivity contribution in [1.82, 2.24) is 47.2 Å². The summed E-state index contributed by atoms with van der Waals surface area (Å²) < 4.78 is 0. The van der Waals surface area contributed by atoms with E-state index in [1.165, 1.54) is 26.4 Å². The Morgan fingerprint density at radius 3 is 1.48 bits per heavy atom. The fourth-order valence-electron chi connectivity index (χ4n) is 5.93. The summed E-state index contributed by atoms with van der Waals surface area (Å²) in [6.07, 6.45) is 1.21. The highest BCUT2D eigenvalue weighted by Gasteiger charge is 2.34. The minimum absolute atomic E-state index is 0.0228. The van der Waals surface area contributed by atoms with E-state index in [1.807, 2.05) is 0 Å². The molecule has 0 aliphatic heterocycles. The van der Waals surface area contributed by atoms with Crippen molar-refractivity contribution in [2.45, 2.75) is 127 Å². The van der Waals surface area contributed by atoms with E-state index in [2.05, 4.69) is 57.2 Å². The fourth-order valence-corrected chi connectivity index (χ4v) is 5.93. The van der Waals surface area contributed by atoms with Gasteiger partial charge in [0, 0.05) is 31.4 Å². The topological polar surface area (TPSA) is 505 Å². The van der Waals surface area contributed by atoms with Gasteiger partial charge in [-0.1, -0.05) is 13.8 Å². The van der Waals surface area contributed by atoms with Crippen LogP contribution >= 0.6 is 0 Å². The molecule has 0 aliphatic rings. The predicted molar refractivity (Wildman–Crippen MR) is 238 cm³/mol. The highest BCUT2D eigenvalue weighted by molar-refractivity contribution is 5.98. The molecule has 1 heterocycles. The van der Waals surface area contributed by atoms with E-state index in [-0.39, 0.29) is 69.5 Å². The van der Waals surface area contributed by atoms with Crippen molar-refractivity contribution >= 4 is 71.1 Å². The highest BCUT2D eigenvalue weighted by Crippen LogP contribution is 2.09. The number of primary amides is 1. The third-order valence-electron chi connectivity index (χ3n) is 9.36. The van der Waals surface area contributed by atoms with Gasteiger partial charge in [-0.15, -0.1) is 0 Å². The van der Waals surface area contributed by atoms with Gasteiger partial charge in [-0.3, -0.25) is 53.1 Å². The number of carboxylic acid groups (broad SMARTS) is 2. The quantitative estimate of drug-likeness (QED) is 0.0187. The Hall–Kier alpha value is -7.59. The molecule has 29 heteroatoms. The number of aliphatic carboxylic acids is 2. The molecule has 0 aliphatic carbocycles. The maximum atomic E-state index is 13.7. The highest BCUT2D eigenvalue weighted by atomic mass is 16.4. The number of rotatable bonds is 31. The summed E-state index contributed by atoms with van der Waals surface area (Å²) in [6, 6.07) is -11.5. The van der Waals surface area contributed by atoms with Crippen molar-refractivity contribution in [3.63, 3.8) is 0 Å². The Labute approximate surface area is 385 Å². The predicted octanol–water partition coefficient (Wildman–Crippen LogP) is -6.70. The van der Waals surface area contributed by atoms with Crippen LogP contribution in [0.5, 0.6) is 0 Å². The number of nitrogens with zero attached hydrogens (tertiary/aromatic N) is 3. The smallest absolute Gasteiger partial charge is 0.326 e. The second kappa shape index (κ2) is 29.0. The van der Waals surface area contributed by atoms with Gasteiger partial charge < -0.3 is 86.8 Å². The minimum atomic E-state index is -1.78. The van der Waals surface area contributed by atoms with Crippen LogP contribution in [0.2, 0.25) is 0 Å². The van der Waals surface area contributed by atoms with Gasteiger partial charge in [-0.2, -0.15) is 0 Å². The van der Waals surface area contributed by atoms with Crippen LogP contribution in [0.25, 0.3) is 0 Å². The lowest BCUT2D eigenvalue weighted by Crippen LogP contribution is -2.60. The van der Waals surface area contributed by atoms with E-state index in [0.29, 0.717) is 5.69 Å². The van der Waals surface area contributed by atoms with Crippen LogP contribution in [-0.2, 0) is 54.4 Å². The zero-order valence-corrected chi connectivity index (χ0v) is 37.7. The van der Waals surface area contributed by atoms with Crippen molar-refractivity contribution in [2.75, 3.05) is 13.1 Å². The van der Waals surface area contributed by atoms with Gasteiger partial charge in [-0.05, 0) is 51.9 Å².